The summed E-state index contributed by atoms with van der Waals surface area (Å²) in [7, 11) is 0. The fourth-order valence-electron chi connectivity index (χ4n) is 3.33. The number of hydrogen-bond acceptors (Lipinski definition) is 7. The number of likely N-dealkylation sites (tertiary alicyclic amines) is 1. The van der Waals surface area contributed by atoms with Crippen molar-refractivity contribution in [2.75, 3.05) is 6.54 Å². The molecule has 9 nitrogen and oxygen atoms in total. The molecule has 1 N–H and O–H groups in total. The average Bonchev–Trinajstić information content (AvgIpc) is 3.28. The molecule has 1 aromatic heterocycles. The van der Waals surface area contributed by atoms with Crippen molar-refractivity contribution in [2.45, 2.75) is 44.1 Å². The zero-order valence-electron chi connectivity index (χ0n) is 16.6. The molecule has 166 valence electrons. The van der Waals surface area contributed by atoms with Crippen LogP contribution in [0, 0.1) is 0 Å². The maximum absolute atomic E-state index is 13.3. The lowest BCUT2D eigenvalue weighted by Gasteiger charge is -2.37. The molecule has 1 saturated heterocycles. The van der Waals surface area contributed by atoms with Gasteiger partial charge in [-0.15, -0.1) is 0 Å². The monoisotopic (exact) mass is 438 g/mol. The van der Waals surface area contributed by atoms with Crippen LogP contribution in [0.4, 0.5) is 13.2 Å². The zero-order valence-corrected chi connectivity index (χ0v) is 16.6. The number of aliphatic hydroxyl groups is 1. The summed E-state index contributed by atoms with van der Waals surface area (Å²) in [6, 6.07) is 5.87. The molecule has 0 saturated carbocycles. The molecule has 0 bridgehead atoms. The fraction of sp³-hybridized carbons (Fsp3) is 0.421. The minimum absolute atomic E-state index is 0.0372. The molecule has 1 fully saturated rings. The lowest BCUT2D eigenvalue weighted by molar-refractivity contribution is -0.185. The molecule has 3 rings (SSSR count). The summed E-state index contributed by atoms with van der Waals surface area (Å²) in [5, 5.41) is 20.6. The Labute approximate surface area is 175 Å². The molecular formula is C19H21F3N6O3. The van der Waals surface area contributed by atoms with Crippen molar-refractivity contribution in [1.29, 1.82) is 0 Å². The third kappa shape index (κ3) is 5.08. The van der Waals surface area contributed by atoms with Gasteiger partial charge in [0, 0.05) is 19.3 Å². The highest BCUT2D eigenvalue weighted by molar-refractivity contribution is 5.98. The number of hydrogen-bond donors (Lipinski definition) is 1. The zero-order chi connectivity index (χ0) is 22.6. The molecule has 3 atom stereocenters. The van der Waals surface area contributed by atoms with Gasteiger partial charge in [-0.05, 0) is 31.9 Å². The van der Waals surface area contributed by atoms with Gasteiger partial charge >= 0.3 is 6.18 Å². The van der Waals surface area contributed by atoms with Gasteiger partial charge in [-0.25, -0.2) is 4.99 Å². The number of para-hydroxylation sites is 1. The predicted molar refractivity (Wildman–Crippen MR) is 105 cm³/mol. The van der Waals surface area contributed by atoms with Crippen LogP contribution in [0.2, 0.25) is 0 Å². The molecule has 31 heavy (non-hydrogen) atoms. The second kappa shape index (κ2) is 9.25. The van der Waals surface area contributed by atoms with Crippen molar-refractivity contribution in [3.63, 3.8) is 0 Å². The minimum atomic E-state index is -4.98. The van der Waals surface area contributed by atoms with Gasteiger partial charge in [-0.3, -0.25) is 4.79 Å². The highest BCUT2D eigenvalue weighted by atomic mass is 19.4. The Bertz CT molecular complexity index is 948. The van der Waals surface area contributed by atoms with E-state index in [4.69, 9.17) is 0 Å². The first-order valence-corrected chi connectivity index (χ1v) is 9.44. The number of aliphatic imine (C=N–C) groups is 1. The Morgan fingerprint density at radius 3 is 2.61 bits per heavy atom. The van der Waals surface area contributed by atoms with Crippen LogP contribution in [0.1, 0.15) is 30.1 Å². The highest BCUT2D eigenvalue weighted by Gasteiger charge is 2.44. The van der Waals surface area contributed by atoms with Crippen LogP contribution in [0.15, 0.2) is 46.8 Å². The van der Waals surface area contributed by atoms with Crippen LogP contribution in [-0.2, 0) is 4.84 Å². The van der Waals surface area contributed by atoms with Gasteiger partial charge in [0.05, 0.1) is 29.7 Å². The number of rotatable bonds is 5. The van der Waals surface area contributed by atoms with Crippen molar-refractivity contribution < 1.29 is 27.9 Å². The van der Waals surface area contributed by atoms with E-state index in [1.54, 1.807) is 24.3 Å². The van der Waals surface area contributed by atoms with E-state index in [1.807, 2.05) is 6.92 Å². The number of aromatic nitrogens is 3. The first-order chi connectivity index (χ1) is 14.7. The summed E-state index contributed by atoms with van der Waals surface area (Å²) in [4.78, 5) is 24.5. The molecule has 2 heterocycles. The molecule has 1 aromatic carbocycles. The quantitative estimate of drug-likeness (QED) is 0.438. The number of aliphatic hydroxyl groups excluding tert-OH is 1. The van der Waals surface area contributed by atoms with Gasteiger partial charge in [-0.2, -0.15) is 28.2 Å². The van der Waals surface area contributed by atoms with Crippen LogP contribution in [0.3, 0.4) is 0 Å². The van der Waals surface area contributed by atoms with Crippen LogP contribution < -0.4 is 0 Å². The van der Waals surface area contributed by atoms with Gasteiger partial charge in [0.25, 0.3) is 11.8 Å². The molecule has 0 spiro atoms. The second-order valence-corrected chi connectivity index (χ2v) is 7.01. The van der Waals surface area contributed by atoms with Gasteiger partial charge in [0.15, 0.2) is 0 Å². The number of alkyl halides is 3. The minimum Gasteiger partial charge on any atom is -0.376 e. The summed E-state index contributed by atoms with van der Waals surface area (Å²) in [5.41, 5.74) is 0.817. The summed E-state index contributed by atoms with van der Waals surface area (Å²) in [5.74, 6) is -1.34. The fourth-order valence-corrected chi connectivity index (χ4v) is 3.33. The smallest absolute Gasteiger partial charge is 0.376 e. The van der Waals surface area contributed by atoms with E-state index in [-0.39, 0.29) is 18.5 Å². The van der Waals surface area contributed by atoms with Crippen LogP contribution >= 0.6 is 0 Å². The van der Waals surface area contributed by atoms with Crippen LogP contribution in [0.5, 0.6) is 0 Å². The number of halogens is 3. The van der Waals surface area contributed by atoms with Gasteiger partial charge in [0.1, 0.15) is 0 Å². The predicted octanol–water partition coefficient (Wildman–Crippen LogP) is 2.21. The van der Waals surface area contributed by atoms with Crippen LogP contribution in [-0.4, -0.2) is 74.4 Å². The van der Waals surface area contributed by atoms with Gasteiger partial charge < -0.3 is 14.8 Å². The van der Waals surface area contributed by atoms with E-state index in [0.29, 0.717) is 24.1 Å². The Morgan fingerprint density at radius 2 is 1.97 bits per heavy atom. The maximum Gasteiger partial charge on any atom is 0.423 e. The third-order valence-corrected chi connectivity index (χ3v) is 4.90. The summed E-state index contributed by atoms with van der Waals surface area (Å²) < 4.78 is 38.7. The van der Waals surface area contributed by atoms with Gasteiger partial charge in [0.2, 0.25) is 6.10 Å². The van der Waals surface area contributed by atoms with Crippen molar-refractivity contribution in [3.8, 4) is 5.69 Å². The van der Waals surface area contributed by atoms with E-state index in [1.165, 1.54) is 22.1 Å². The number of piperidine rings is 1. The molecule has 1 aliphatic rings. The lowest BCUT2D eigenvalue weighted by atomic mass is 9.98. The Hall–Kier alpha value is -3.28. The summed E-state index contributed by atoms with van der Waals surface area (Å²) in [6.45, 7) is 4.86. The van der Waals surface area contributed by atoms with E-state index < -0.39 is 24.2 Å². The van der Waals surface area contributed by atoms with E-state index in [2.05, 4.69) is 31.9 Å². The van der Waals surface area contributed by atoms with Crippen LogP contribution in [0.25, 0.3) is 5.69 Å². The number of nitrogens with zero attached hydrogens (tertiary/aromatic N) is 6. The molecule has 0 aliphatic carbocycles. The highest BCUT2D eigenvalue weighted by Crippen LogP contribution is 2.26. The molecule has 1 aliphatic heterocycles. The average molecular weight is 438 g/mol. The maximum atomic E-state index is 13.3. The molecule has 1 amide bonds. The van der Waals surface area contributed by atoms with E-state index in [9.17, 15) is 23.1 Å². The number of benzene rings is 1. The summed E-state index contributed by atoms with van der Waals surface area (Å²) in [6.07, 6.45) is -4.04. The lowest BCUT2D eigenvalue weighted by Crippen LogP contribution is -2.48. The normalized spacial score (nSPS) is 20.9. The first kappa shape index (κ1) is 22.4. The van der Waals surface area contributed by atoms with Crippen molar-refractivity contribution in [2.24, 2.45) is 10.1 Å². The number of carbonyl (C=O) groups is 1. The van der Waals surface area contributed by atoms with E-state index in [0.717, 1.165) is 0 Å². The Morgan fingerprint density at radius 1 is 1.29 bits per heavy atom. The first-order valence-electron chi connectivity index (χ1n) is 9.44. The Balaban J connectivity index is 1.86. The number of oxime groups is 1. The Kier molecular flexibility index (Phi) is 6.68. The number of amides is 1. The topological polar surface area (TPSA) is 105 Å². The molecule has 1 unspecified atom stereocenters. The van der Waals surface area contributed by atoms with E-state index >= 15 is 0 Å². The van der Waals surface area contributed by atoms with Crippen molar-refractivity contribution in [3.05, 3.63) is 42.2 Å². The summed E-state index contributed by atoms with van der Waals surface area (Å²) >= 11 is 0. The standard InChI is InChI=1S/C19H21F3N6O3/c1-12-7-8-13(26-17(31-23-2)16(29)19(20,21)22)11-27(12)18(30)14-5-3-4-6-15(14)28-24-9-10-25-28/h3-6,9-10,12-13,16,29H,2,7-8,11H2,1H3/b26-17-/t12-,13?,16-/m1/s1. The van der Waals surface area contributed by atoms with Crippen molar-refractivity contribution >= 4 is 18.5 Å². The molecular weight excluding hydrogens is 417 g/mol. The second-order valence-electron chi connectivity index (χ2n) is 7.01. The number of carbonyl (C=O) groups excluding carboxylic acids is 1. The third-order valence-electron chi connectivity index (χ3n) is 4.90. The molecule has 2 aromatic rings. The van der Waals surface area contributed by atoms with Gasteiger partial charge in [-0.1, -0.05) is 17.3 Å². The molecule has 12 heteroatoms. The van der Waals surface area contributed by atoms with Crippen molar-refractivity contribution in [1.82, 2.24) is 19.9 Å². The molecule has 0 radical (unpaired) electrons. The largest absolute Gasteiger partial charge is 0.423 e. The SMILES string of the molecule is C=NO/C(=N\C1CC[C@@H](C)N(C(=O)c2ccccc2-n2nccn2)C1)[C@@H](O)C(F)(F)F.